The zero-order valence-electron chi connectivity index (χ0n) is 7.25. The molecule has 0 unspecified atom stereocenters. The number of hydrogen-bond acceptors (Lipinski definition) is 4. The van der Waals surface area contributed by atoms with Gasteiger partial charge in [0, 0.05) is 17.9 Å². The Morgan fingerprint density at radius 3 is 3.08 bits per heavy atom. The molecule has 0 bridgehead atoms. The third-order valence-corrected chi connectivity index (χ3v) is 1.82. The fraction of sp³-hybridized carbons (Fsp3) is 0.222. The first-order valence-corrected chi connectivity index (χ1v) is 4.25. The van der Waals surface area contributed by atoms with Crippen LogP contribution in [0.3, 0.4) is 0 Å². The molecule has 13 heavy (non-hydrogen) atoms. The molecule has 4 heteroatoms. The second-order valence-corrected chi connectivity index (χ2v) is 2.91. The van der Waals surface area contributed by atoms with Crippen molar-refractivity contribution in [1.29, 1.82) is 0 Å². The summed E-state index contributed by atoms with van der Waals surface area (Å²) in [6, 6.07) is 7.60. The molecular formula is C9H12N4. The third-order valence-electron chi connectivity index (χ3n) is 1.82. The largest absolute Gasteiger partial charge is 0.399 e. The van der Waals surface area contributed by atoms with Crippen LogP contribution in [0.2, 0.25) is 0 Å². The zero-order chi connectivity index (χ0) is 9.10. The average Bonchev–Trinajstić information content (AvgIpc) is 2.57. The normalized spacial score (nSPS) is 14.9. The molecule has 0 aliphatic carbocycles. The van der Waals surface area contributed by atoms with Crippen LogP contribution in [-0.2, 0) is 0 Å². The second-order valence-electron chi connectivity index (χ2n) is 2.91. The first-order chi connectivity index (χ1) is 6.34. The number of nitrogens with two attached hydrogens (primary N) is 1. The van der Waals surface area contributed by atoms with Gasteiger partial charge in [0.15, 0.2) is 5.96 Å². The number of hydrogen-bond donors (Lipinski definition) is 3. The molecule has 0 saturated carbocycles. The van der Waals surface area contributed by atoms with Crippen LogP contribution in [0, 0.1) is 0 Å². The van der Waals surface area contributed by atoms with Crippen molar-refractivity contribution >= 4 is 17.3 Å². The summed E-state index contributed by atoms with van der Waals surface area (Å²) >= 11 is 0. The SMILES string of the molecule is Nc1cccc(NC2=NCCN2)c1. The highest BCUT2D eigenvalue weighted by Crippen LogP contribution is 2.11. The molecule has 4 nitrogen and oxygen atoms in total. The van der Waals surface area contributed by atoms with E-state index in [1.807, 2.05) is 24.3 Å². The lowest BCUT2D eigenvalue weighted by Gasteiger charge is -2.06. The van der Waals surface area contributed by atoms with Gasteiger partial charge >= 0.3 is 0 Å². The molecule has 4 N–H and O–H groups in total. The zero-order valence-corrected chi connectivity index (χ0v) is 7.25. The standard InChI is InChI=1S/C9H12N4/c10-7-2-1-3-8(6-7)13-9-11-4-5-12-9/h1-3,6H,4-5,10H2,(H2,11,12,13). The van der Waals surface area contributed by atoms with Crippen LogP contribution in [0.25, 0.3) is 0 Å². The van der Waals surface area contributed by atoms with E-state index in [0.29, 0.717) is 0 Å². The van der Waals surface area contributed by atoms with Crippen LogP contribution < -0.4 is 16.4 Å². The van der Waals surface area contributed by atoms with Gasteiger partial charge < -0.3 is 16.4 Å². The number of nitrogens with zero attached hydrogens (tertiary/aromatic N) is 1. The molecule has 1 aromatic rings. The van der Waals surface area contributed by atoms with E-state index in [0.717, 1.165) is 30.4 Å². The van der Waals surface area contributed by atoms with Crippen molar-refractivity contribution in [2.75, 3.05) is 24.1 Å². The maximum Gasteiger partial charge on any atom is 0.195 e. The van der Waals surface area contributed by atoms with Crippen LogP contribution in [0.4, 0.5) is 11.4 Å². The molecule has 0 saturated heterocycles. The van der Waals surface area contributed by atoms with E-state index in [1.165, 1.54) is 0 Å². The summed E-state index contributed by atoms with van der Waals surface area (Å²) in [6.07, 6.45) is 0. The van der Waals surface area contributed by atoms with Gasteiger partial charge in [-0.05, 0) is 18.2 Å². The number of benzene rings is 1. The molecule has 1 aliphatic rings. The summed E-state index contributed by atoms with van der Waals surface area (Å²) in [4.78, 5) is 4.21. The van der Waals surface area contributed by atoms with Gasteiger partial charge in [-0.25, -0.2) is 0 Å². The smallest absolute Gasteiger partial charge is 0.195 e. The maximum atomic E-state index is 5.63. The van der Waals surface area contributed by atoms with Gasteiger partial charge in [0.05, 0.1) is 6.54 Å². The van der Waals surface area contributed by atoms with Crippen molar-refractivity contribution in [3.8, 4) is 0 Å². The molecule has 68 valence electrons. The second kappa shape index (κ2) is 3.35. The molecule has 0 atom stereocenters. The Kier molecular flexibility index (Phi) is 2.04. The van der Waals surface area contributed by atoms with Crippen molar-refractivity contribution in [2.45, 2.75) is 0 Å². The summed E-state index contributed by atoms with van der Waals surface area (Å²) in [5, 5.41) is 6.26. The lowest BCUT2D eigenvalue weighted by Crippen LogP contribution is -2.26. The number of nitrogen functional groups attached to an aromatic ring is 1. The average molecular weight is 176 g/mol. The fourth-order valence-electron chi connectivity index (χ4n) is 1.23. The maximum absolute atomic E-state index is 5.63. The van der Waals surface area contributed by atoms with E-state index in [2.05, 4.69) is 15.6 Å². The lowest BCUT2D eigenvalue weighted by atomic mass is 10.3. The van der Waals surface area contributed by atoms with Gasteiger partial charge in [0.2, 0.25) is 0 Å². The highest BCUT2D eigenvalue weighted by molar-refractivity contribution is 5.94. The molecule has 0 radical (unpaired) electrons. The molecular weight excluding hydrogens is 164 g/mol. The monoisotopic (exact) mass is 176 g/mol. The van der Waals surface area contributed by atoms with Gasteiger partial charge in [0.1, 0.15) is 0 Å². The van der Waals surface area contributed by atoms with Crippen LogP contribution in [-0.4, -0.2) is 19.0 Å². The molecule has 0 aromatic heterocycles. The molecule has 2 rings (SSSR count). The highest BCUT2D eigenvalue weighted by Gasteiger charge is 2.03. The van der Waals surface area contributed by atoms with Crippen LogP contribution >= 0.6 is 0 Å². The number of anilines is 2. The summed E-state index contributed by atoms with van der Waals surface area (Å²) in [6.45, 7) is 1.75. The van der Waals surface area contributed by atoms with Gasteiger partial charge in [0.25, 0.3) is 0 Å². The van der Waals surface area contributed by atoms with Gasteiger partial charge in [-0.3, -0.25) is 4.99 Å². The summed E-state index contributed by atoms with van der Waals surface area (Å²) in [7, 11) is 0. The van der Waals surface area contributed by atoms with Crippen LogP contribution in [0.15, 0.2) is 29.3 Å². The van der Waals surface area contributed by atoms with E-state index in [4.69, 9.17) is 5.73 Å². The van der Waals surface area contributed by atoms with E-state index in [9.17, 15) is 0 Å². The molecule has 0 amide bonds. The summed E-state index contributed by atoms with van der Waals surface area (Å²) < 4.78 is 0. The predicted molar refractivity (Wildman–Crippen MR) is 54.8 cm³/mol. The van der Waals surface area contributed by atoms with Crippen LogP contribution in [0.1, 0.15) is 0 Å². The molecule has 0 spiro atoms. The van der Waals surface area contributed by atoms with E-state index >= 15 is 0 Å². The molecule has 1 heterocycles. The first kappa shape index (κ1) is 7.91. The quantitative estimate of drug-likeness (QED) is 0.550. The lowest BCUT2D eigenvalue weighted by molar-refractivity contribution is 0.959. The van der Waals surface area contributed by atoms with Crippen molar-refractivity contribution in [1.82, 2.24) is 5.32 Å². The fourth-order valence-corrected chi connectivity index (χ4v) is 1.23. The summed E-state index contributed by atoms with van der Waals surface area (Å²) in [5.74, 6) is 0.825. The minimum atomic E-state index is 0.753. The number of nitrogens with one attached hydrogen (secondary N) is 2. The number of rotatable bonds is 1. The highest BCUT2D eigenvalue weighted by atomic mass is 15.2. The Bertz CT molecular complexity index is 332. The van der Waals surface area contributed by atoms with E-state index in [-0.39, 0.29) is 0 Å². The Labute approximate surface area is 76.9 Å². The van der Waals surface area contributed by atoms with Gasteiger partial charge in [-0.15, -0.1) is 0 Å². The van der Waals surface area contributed by atoms with Crippen molar-refractivity contribution in [2.24, 2.45) is 4.99 Å². The van der Waals surface area contributed by atoms with Crippen molar-refractivity contribution < 1.29 is 0 Å². The van der Waals surface area contributed by atoms with E-state index in [1.54, 1.807) is 0 Å². The van der Waals surface area contributed by atoms with Crippen LogP contribution in [0.5, 0.6) is 0 Å². The predicted octanol–water partition coefficient (Wildman–Crippen LogP) is 0.640. The minimum Gasteiger partial charge on any atom is -0.399 e. The Morgan fingerprint density at radius 2 is 2.38 bits per heavy atom. The topological polar surface area (TPSA) is 62.4 Å². The minimum absolute atomic E-state index is 0.753. The summed E-state index contributed by atoms with van der Waals surface area (Å²) in [5.41, 5.74) is 7.35. The van der Waals surface area contributed by atoms with Gasteiger partial charge in [-0.1, -0.05) is 6.07 Å². The Morgan fingerprint density at radius 1 is 1.46 bits per heavy atom. The Balaban J connectivity index is 2.09. The molecule has 1 aliphatic heterocycles. The van der Waals surface area contributed by atoms with Gasteiger partial charge in [-0.2, -0.15) is 0 Å². The molecule has 1 aromatic carbocycles. The number of guanidine groups is 1. The van der Waals surface area contributed by atoms with Crippen molar-refractivity contribution in [3.63, 3.8) is 0 Å². The Hall–Kier alpha value is -1.71. The first-order valence-electron chi connectivity index (χ1n) is 4.25. The molecule has 0 fully saturated rings. The van der Waals surface area contributed by atoms with E-state index < -0.39 is 0 Å². The number of aliphatic imine (C=N–C) groups is 1. The third kappa shape index (κ3) is 1.90. The van der Waals surface area contributed by atoms with Crippen molar-refractivity contribution in [3.05, 3.63) is 24.3 Å².